The van der Waals surface area contributed by atoms with Gasteiger partial charge in [-0.15, -0.1) is 22.7 Å². The van der Waals surface area contributed by atoms with Crippen LogP contribution in [0.15, 0.2) is 35.8 Å². The molecule has 5 nitrogen and oxygen atoms in total. The normalized spacial score (nSPS) is 10.6. The molecule has 130 valence electrons. The molecular weight excluding hydrogens is 354 g/mol. The van der Waals surface area contributed by atoms with Gasteiger partial charge in [-0.05, 0) is 44.5 Å². The van der Waals surface area contributed by atoms with E-state index in [4.69, 9.17) is 4.74 Å². The molecule has 3 aromatic rings. The highest BCUT2D eigenvalue weighted by Crippen LogP contribution is 2.29. The molecule has 0 aliphatic rings. The van der Waals surface area contributed by atoms with Crippen LogP contribution in [0.2, 0.25) is 0 Å². The minimum Gasteiger partial charge on any atom is -0.477 e. The standard InChI is InChI=1S/C18H19N3O2S2/c1-3-23-18-14(5-4-9-20-18)17(22)19-10-8-13-6-7-16(25-13)15-11-24-12(2)21-15/h4-7,9,11H,3,8,10H2,1-2H3,(H,19,22). The first kappa shape index (κ1) is 17.6. The van der Waals surface area contributed by atoms with Gasteiger partial charge in [-0.25, -0.2) is 9.97 Å². The molecule has 0 aromatic carbocycles. The molecule has 7 heteroatoms. The van der Waals surface area contributed by atoms with Crippen LogP contribution in [-0.2, 0) is 6.42 Å². The molecule has 0 bridgehead atoms. The predicted molar refractivity (Wildman–Crippen MR) is 102 cm³/mol. The van der Waals surface area contributed by atoms with Crippen molar-refractivity contribution < 1.29 is 9.53 Å². The predicted octanol–water partition coefficient (Wildman–Crippen LogP) is 3.95. The first-order chi connectivity index (χ1) is 12.2. The van der Waals surface area contributed by atoms with Crippen molar-refractivity contribution >= 4 is 28.6 Å². The number of pyridine rings is 1. The van der Waals surface area contributed by atoms with Gasteiger partial charge in [0, 0.05) is 23.0 Å². The topological polar surface area (TPSA) is 64.1 Å². The molecule has 3 rings (SSSR count). The van der Waals surface area contributed by atoms with Gasteiger partial charge in [0.25, 0.3) is 5.91 Å². The monoisotopic (exact) mass is 373 g/mol. The van der Waals surface area contributed by atoms with Crippen LogP contribution in [0, 0.1) is 6.92 Å². The van der Waals surface area contributed by atoms with Crippen LogP contribution in [0.4, 0.5) is 0 Å². The maximum atomic E-state index is 12.3. The summed E-state index contributed by atoms with van der Waals surface area (Å²) in [5.41, 5.74) is 1.49. The van der Waals surface area contributed by atoms with Crippen LogP contribution in [0.5, 0.6) is 5.88 Å². The van der Waals surface area contributed by atoms with Gasteiger partial charge >= 0.3 is 0 Å². The van der Waals surface area contributed by atoms with E-state index in [0.29, 0.717) is 24.6 Å². The third-order valence-electron chi connectivity index (χ3n) is 3.49. The zero-order valence-electron chi connectivity index (χ0n) is 14.1. The van der Waals surface area contributed by atoms with Gasteiger partial charge in [-0.1, -0.05) is 0 Å². The van der Waals surface area contributed by atoms with E-state index in [9.17, 15) is 4.79 Å². The number of aromatic nitrogens is 2. The second-order valence-electron chi connectivity index (χ2n) is 5.31. The number of aryl methyl sites for hydroxylation is 1. The molecule has 3 aromatic heterocycles. The number of thiophene rings is 1. The van der Waals surface area contributed by atoms with Crippen LogP contribution >= 0.6 is 22.7 Å². The Balaban J connectivity index is 1.56. The summed E-state index contributed by atoms with van der Waals surface area (Å²) in [6.07, 6.45) is 2.40. The lowest BCUT2D eigenvalue weighted by Gasteiger charge is -2.08. The number of hydrogen-bond acceptors (Lipinski definition) is 6. The molecule has 0 aliphatic carbocycles. The Morgan fingerprint density at radius 3 is 2.96 bits per heavy atom. The molecule has 0 unspecified atom stereocenters. The third-order valence-corrected chi connectivity index (χ3v) is 5.43. The van der Waals surface area contributed by atoms with Gasteiger partial charge in [-0.2, -0.15) is 0 Å². The minimum absolute atomic E-state index is 0.163. The number of ether oxygens (including phenoxy) is 1. The summed E-state index contributed by atoms with van der Waals surface area (Å²) in [6, 6.07) is 7.64. The number of amides is 1. The molecule has 0 atom stereocenters. The Morgan fingerprint density at radius 2 is 2.20 bits per heavy atom. The summed E-state index contributed by atoms with van der Waals surface area (Å²) in [4.78, 5) is 23.3. The Kier molecular flexibility index (Phi) is 5.78. The van der Waals surface area contributed by atoms with Crippen LogP contribution in [-0.4, -0.2) is 29.0 Å². The summed E-state index contributed by atoms with van der Waals surface area (Å²) >= 11 is 3.37. The van der Waals surface area contributed by atoms with Gasteiger partial charge in [0.15, 0.2) is 0 Å². The lowest BCUT2D eigenvalue weighted by Crippen LogP contribution is -2.26. The zero-order valence-corrected chi connectivity index (χ0v) is 15.7. The summed E-state index contributed by atoms with van der Waals surface area (Å²) in [5, 5.41) is 6.08. The smallest absolute Gasteiger partial charge is 0.256 e. The van der Waals surface area contributed by atoms with E-state index in [1.54, 1.807) is 41.0 Å². The summed E-state index contributed by atoms with van der Waals surface area (Å²) in [5.74, 6) is 0.211. The van der Waals surface area contributed by atoms with E-state index in [2.05, 4.69) is 32.8 Å². The van der Waals surface area contributed by atoms with E-state index >= 15 is 0 Å². The number of hydrogen-bond donors (Lipinski definition) is 1. The van der Waals surface area contributed by atoms with Crippen molar-refractivity contribution in [2.45, 2.75) is 20.3 Å². The van der Waals surface area contributed by atoms with Crippen molar-refractivity contribution in [3.8, 4) is 16.5 Å². The average molecular weight is 374 g/mol. The second kappa shape index (κ2) is 8.22. The van der Waals surface area contributed by atoms with Gasteiger partial charge in [0.05, 0.1) is 22.2 Å². The van der Waals surface area contributed by atoms with Gasteiger partial charge in [-0.3, -0.25) is 4.79 Å². The number of nitrogens with one attached hydrogen (secondary N) is 1. The highest BCUT2D eigenvalue weighted by atomic mass is 32.1. The first-order valence-corrected chi connectivity index (χ1v) is 9.74. The van der Waals surface area contributed by atoms with E-state index < -0.39 is 0 Å². The lowest BCUT2D eigenvalue weighted by molar-refractivity contribution is 0.0949. The van der Waals surface area contributed by atoms with Crippen LogP contribution < -0.4 is 10.1 Å². The second-order valence-corrected chi connectivity index (χ2v) is 7.54. The molecule has 3 heterocycles. The molecule has 1 amide bonds. The van der Waals surface area contributed by atoms with Crippen molar-refractivity contribution in [1.82, 2.24) is 15.3 Å². The summed E-state index contributed by atoms with van der Waals surface area (Å²) in [7, 11) is 0. The van der Waals surface area contributed by atoms with Crippen molar-refractivity contribution in [1.29, 1.82) is 0 Å². The molecule has 0 saturated carbocycles. The van der Waals surface area contributed by atoms with Gasteiger partial charge < -0.3 is 10.1 Å². The molecule has 1 N–H and O–H groups in total. The Bertz CT molecular complexity index is 857. The van der Waals surface area contributed by atoms with Crippen molar-refractivity contribution in [3.63, 3.8) is 0 Å². The van der Waals surface area contributed by atoms with E-state index in [1.807, 2.05) is 13.8 Å². The molecule has 25 heavy (non-hydrogen) atoms. The molecule has 0 radical (unpaired) electrons. The van der Waals surface area contributed by atoms with Crippen molar-refractivity contribution in [3.05, 3.63) is 51.3 Å². The molecule has 0 saturated heterocycles. The van der Waals surface area contributed by atoms with Crippen molar-refractivity contribution in [2.24, 2.45) is 0 Å². The number of thiazole rings is 1. The number of nitrogens with zero attached hydrogens (tertiary/aromatic N) is 2. The highest BCUT2D eigenvalue weighted by Gasteiger charge is 2.13. The first-order valence-electron chi connectivity index (χ1n) is 8.04. The van der Waals surface area contributed by atoms with E-state index in [1.165, 1.54) is 4.88 Å². The molecular formula is C18H19N3O2S2. The minimum atomic E-state index is -0.163. The fraction of sp³-hybridized carbons (Fsp3) is 0.278. The van der Waals surface area contributed by atoms with Crippen molar-refractivity contribution in [2.75, 3.05) is 13.2 Å². The van der Waals surface area contributed by atoms with E-state index in [-0.39, 0.29) is 5.91 Å². The maximum Gasteiger partial charge on any atom is 0.256 e. The SMILES string of the molecule is CCOc1ncccc1C(=O)NCCc1ccc(-c2csc(C)n2)s1. The summed E-state index contributed by atoms with van der Waals surface area (Å²) in [6.45, 7) is 4.92. The van der Waals surface area contributed by atoms with Crippen LogP contribution in [0.25, 0.3) is 10.6 Å². The van der Waals surface area contributed by atoms with E-state index in [0.717, 1.165) is 22.0 Å². The fourth-order valence-corrected chi connectivity index (χ4v) is 3.99. The lowest BCUT2D eigenvalue weighted by atomic mass is 10.2. The summed E-state index contributed by atoms with van der Waals surface area (Å²) < 4.78 is 5.40. The largest absolute Gasteiger partial charge is 0.477 e. The Morgan fingerprint density at radius 1 is 1.32 bits per heavy atom. The third kappa shape index (κ3) is 4.43. The number of carbonyl (C=O) groups excluding carboxylic acids is 1. The average Bonchev–Trinajstić information content (AvgIpc) is 3.24. The molecule has 0 spiro atoms. The Labute approximate surface area is 154 Å². The zero-order chi connectivity index (χ0) is 17.6. The molecule has 0 aliphatic heterocycles. The van der Waals surface area contributed by atoms with Crippen LogP contribution in [0.3, 0.4) is 0 Å². The molecule has 0 fully saturated rings. The Hall–Kier alpha value is -2.25. The quantitative estimate of drug-likeness (QED) is 0.681. The highest BCUT2D eigenvalue weighted by molar-refractivity contribution is 7.16. The number of carbonyl (C=O) groups is 1. The number of rotatable bonds is 7. The maximum absolute atomic E-state index is 12.3. The fourth-order valence-electron chi connectivity index (χ4n) is 2.34. The van der Waals surface area contributed by atoms with Crippen LogP contribution in [0.1, 0.15) is 27.2 Å². The van der Waals surface area contributed by atoms with Gasteiger partial charge in [0.2, 0.25) is 5.88 Å². The van der Waals surface area contributed by atoms with Gasteiger partial charge in [0.1, 0.15) is 5.56 Å².